The summed E-state index contributed by atoms with van der Waals surface area (Å²) >= 11 is 0. The van der Waals surface area contributed by atoms with E-state index in [9.17, 15) is 14.0 Å². The van der Waals surface area contributed by atoms with Gasteiger partial charge in [0.2, 0.25) is 0 Å². The van der Waals surface area contributed by atoms with Gasteiger partial charge in [0.15, 0.2) is 0 Å². The van der Waals surface area contributed by atoms with E-state index >= 15 is 0 Å². The van der Waals surface area contributed by atoms with Crippen molar-refractivity contribution in [2.75, 3.05) is 6.61 Å². The van der Waals surface area contributed by atoms with Crippen LogP contribution < -0.4 is 15.7 Å². The van der Waals surface area contributed by atoms with E-state index in [-0.39, 0.29) is 23.5 Å². The number of ether oxygens (including phenoxy) is 1. The van der Waals surface area contributed by atoms with Crippen molar-refractivity contribution in [3.63, 3.8) is 0 Å². The van der Waals surface area contributed by atoms with Crippen LogP contribution in [0.3, 0.4) is 0 Å². The number of carbonyl (C=O) groups excluding carboxylic acids is 1. The molecule has 0 saturated heterocycles. The van der Waals surface area contributed by atoms with Crippen LogP contribution in [0, 0.1) is 5.82 Å². The summed E-state index contributed by atoms with van der Waals surface area (Å²) < 4.78 is 19.0. The molecule has 4 rings (SSSR count). The molecule has 0 bridgehead atoms. The Morgan fingerprint density at radius 2 is 2.00 bits per heavy atom. The number of H-pyrrole nitrogens is 2. The van der Waals surface area contributed by atoms with Crippen LogP contribution in [0.2, 0.25) is 0 Å². The van der Waals surface area contributed by atoms with Gasteiger partial charge in [0.1, 0.15) is 11.6 Å². The van der Waals surface area contributed by atoms with Crippen molar-refractivity contribution in [2.24, 2.45) is 0 Å². The highest BCUT2D eigenvalue weighted by Crippen LogP contribution is 2.32. The molecule has 0 spiro atoms. The first-order valence-electron chi connectivity index (χ1n) is 8.05. The number of carbonyl (C=O) groups is 1. The third-order valence-corrected chi connectivity index (χ3v) is 4.33. The number of imidazole rings is 1. The summed E-state index contributed by atoms with van der Waals surface area (Å²) in [6.07, 6.45) is 1.46. The molecule has 1 unspecified atom stereocenters. The van der Waals surface area contributed by atoms with Gasteiger partial charge in [-0.3, -0.25) is 4.79 Å². The van der Waals surface area contributed by atoms with Gasteiger partial charge < -0.3 is 20.0 Å². The lowest BCUT2D eigenvalue weighted by molar-refractivity contribution is 0.0935. The zero-order valence-electron chi connectivity index (χ0n) is 13.3. The number of aromatic nitrogens is 2. The summed E-state index contributed by atoms with van der Waals surface area (Å²) in [6.45, 7) is 0.485. The Hall–Kier alpha value is -3.09. The van der Waals surface area contributed by atoms with Crippen LogP contribution in [-0.4, -0.2) is 22.5 Å². The summed E-state index contributed by atoms with van der Waals surface area (Å²) in [5.41, 5.74) is 2.11. The molecule has 2 aromatic carbocycles. The van der Waals surface area contributed by atoms with Crippen LogP contribution in [-0.2, 0) is 0 Å². The zero-order chi connectivity index (χ0) is 17.4. The Morgan fingerprint density at radius 3 is 2.88 bits per heavy atom. The predicted molar refractivity (Wildman–Crippen MR) is 90.3 cm³/mol. The number of aromatic amines is 2. The van der Waals surface area contributed by atoms with Crippen molar-refractivity contribution in [1.29, 1.82) is 0 Å². The quantitative estimate of drug-likeness (QED) is 0.670. The molecule has 0 aliphatic carbocycles. The molecular formula is C18H16FN3O3. The van der Waals surface area contributed by atoms with Crippen LogP contribution in [0.1, 0.15) is 34.8 Å². The first kappa shape index (κ1) is 15.4. The number of hydrogen-bond acceptors (Lipinski definition) is 3. The minimum Gasteiger partial charge on any atom is -0.493 e. The third kappa shape index (κ3) is 3.00. The highest BCUT2D eigenvalue weighted by molar-refractivity contribution is 5.97. The molecule has 6 nitrogen and oxygen atoms in total. The van der Waals surface area contributed by atoms with Gasteiger partial charge in [-0.2, -0.15) is 0 Å². The van der Waals surface area contributed by atoms with Crippen molar-refractivity contribution in [2.45, 2.75) is 18.9 Å². The van der Waals surface area contributed by atoms with Crippen molar-refractivity contribution in [1.82, 2.24) is 15.3 Å². The lowest BCUT2D eigenvalue weighted by atomic mass is 10.0. The van der Waals surface area contributed by atoms with Crippen LogP contribution in [0.25, 0.3) is 11.0 Å². The fourth-order valence-corrected chi connectivity index (χ4v) is 3.11. The van der Waals surface area contributed by atoms with Gasteiger partial charge in [0, 0.05) is 17.2 Å². The van der Waals surface area contributed by atoms with Crippen LogP contribution in [0.4, 0.5) is 4.39 Å². The normalized spacial score (nSPS) is 16.8. The molecule has 0 radical (unpaired) electrons. The molecule has 0 saturated carbocycles. The number of amides is 1. The first-order chi connectivity index (χ1) is 12.1. The monoisotopic (exact) mass is 341 g/mol. The fraction of sp³-hybridized carbons (Fsp3) is 0.222. The van der Waals surface area contributed by atoms with E-state index in [1.54, 1.807) is 24.3 Å². The lowest BCUT2D eigenvalue weighted by Crippen LogP contribution is -2.28. The van der Waals surface area contributed by atoms with Crippen LogP contribution in [0.5, 0.6) is 5.75 Å². The van der Waals surface area contributed by atoms with Gasteiger partial charge in [-0.1, -0.05) is 6.07 Å². The molecule has 25 heavy (non-hydrogen) atoms. The van der Waals surface area contributed by atoms with E-state index in [2.05, 4.69) is 15.3 Å². The Bertz CT molecular complexity index is 1010. The summed E-state index contributed by atoms with van der Waals surface area (Å²) in [6, 6.07) is 9.06. The Morgan fingerprint density at radius 1 is 1.16 bits per heavy atom. The molecule has 1 aliphatic heterocycles. The zero-order valence-corrected chi connectivity index (χ0v) is 13.3. The number of hydrogen-bond donors (Lipinski definition) is 3. The van der Waals surface area contributed by atoms with Crippen molar-refractivity contribution in [3.05, 3.63) is 63.8 Å². The molecule has 7 heteroatoms. The number of rotatable bonds is 2. The average molecular weight is 341 g/mol. The Balaban J connectivity index is 1.62. The Kier molecular flexibility index (Phi) is 3.76. The molecule has 1 aromatic heterocycles. The van der Waals surface area contributed by atoms with Crippen molar-refractivity contribution >= 4 is 16.9 Å². The first-order valence-corrected chi connectivity index (χ1v) is 8.05. The Labute approximate surface area is 142 Å². The summed E-state index contributed by atoms with van der Waals surface area (Å²) in [5, 5.41) is 2.98. The van der Waals surface area contributed by atoms with Gasteiger partial charge in [-0.05, 0) is 37.1 Å². The number of fused-ring (bicyclic) bond motifs is 2. The minimum absolute atomic E-state index is 0.258. The minimum atomic E-state index is -0.368. The van der Waals surface area contributed by atoms with E-state index in [1.807, 2.05) is 0 Å². The smallest absolute Gasteiger partial charge is 0.323 e. The van der Waals surface area contributed by atoms with E-state index < -0.39 is 0 Å². The standard InChI is InChI=1S/C18H16FN3O3/c19-11-4-5-12-13(2-1-7-25-16(12)9-11)20-17(23)10-3-6-14-15(8-10)22-18(24)21-14/h3-6,8-9,13H,1-2,7H2,(H,20,23)(H2,21,22,24). The van der Waals surface area contributed by atoms with E-state index in [0.717, 1.165) is 12.0 Å². The average Bonchev–Trinajstić information content (AvgIpc) is 2.85. The highest BCUT2D eigenvalue weighted by atomic mass is 19.1. The summed E-state index contributed by atoms with van der Waals surface area (Å²) in [7, 11) is 0. The largest absolute Gasteiger partial charge is 0.493 e. The maximum atomic E-state index is 13.4. The number of halogens is 1. The molecule has 3 N–H and O–H groups in total. The maximum absolute atomic E-state index is 13.4. The van der Waals surface area contributed by atoms with Gasteiger partial charge in [-0.15, -0.1) is 0 Å². The second kappa shape index (κ2) is 6.08. The van der Waals surface area contributed by atoms with E-state index in [0.29, 0.717) is 35.4 Å². The van der Waals surface area contributed by atoms with Gasteiger partial charge in [-0.25, -0.2) is 9.18 Å². The molecular weight excluding hydrogens is 325 g/mol. The molecule has 2 heterocycles. The molecule has 128 valence electrons. The SMILES string of the molecule is O=C(NC1CCCOc2cc(F)ccc21)c1ccc2[nH]c(=O)[nH]c2c1. The summed E-state index contributed by atoms with van der Waals surface area (Å²) in [4.78, 5) is 29.2. The third-order valence-electron chi connectivity index (χ3n) is 4.33. The summed E-state index contributed by atoms with van der Waals surface area (Å²) in [5.74, 6) is -0.160. The molecule has 0 fully saturated rings. The second-order valence-electron chi connectivity index (χ2n) is 6.04. The van der Waals surface area contributed by atoms with Crippen LogP contribution in [0.15, 0.2) is 41.2 Å². The van der Waals surface area contributed by atoms with Crippen molar-refractivity contribution in [3.8, 4) is 5.75 Å². The van der Waals surface area contributed by atoms with E-state index in [1.165, 1.54) is 12.1 Å². The van der Waals surface area contributed by atoms with Crippen LogP contribution >= 0.6 is 0 Å². The number of nitrogens with one attached hydrogen (secondary N) is 3. The van der Waals surface area contributed by atoms with E-state index in [4.69, 9.17) is 4.74 Å². The lowest BCUT2D eigenvalue weighted by Gasteiger charge is -2.18. The van der Waals surface area contributed by atoms with Crippen molar-refractivity contribution < 1.29 is 13.9 Å². The predicted octanol–water partition coefficient (Wildman–Crippen LogP) is 2.64. The fourth-order valence-electron chi connectivity index (χ4n) is 3.11. The molecule has 3 aromatic rings. The topological polar surface area (TPSA) is 87.0 Å². The van der Waals surface area contributed by atoms with Gasteiger partial charge in [0.05, 0.1) is 23.7 Å². The highest BCUT2D eigenvalue weighted by Gasteiger charge is 2.22. The molecule has 1 aliphatic rings. The second-order valence-corrected chi connectivity index (χ2v) is 6.04. The molecule has 1 atom stereocenters. The van der Waals surface area contributed by atoms with Gasteiger partial charge >= 0.3 is 5.69 Å². The number of benzene rings is 2. The van der Waals surface area contributed by atoms with Gasteiger partial charge in [0.25, 0.3) is 5.91 Å². The maximum Gasteiger partial charge on any atom is 0.323 e. The molecule has 1 amide bonds.